The molecule has 2 heterocycles. The van der Waals surface area contributed by atoms with E-state index in [0.29, 0.717) is 11.4 Å². The molecule has 3 nitrogen and oxygen atoms in total. The topological polar surface area (TPSA) is 37.5 Å². The lowest BCUT2D eigenvalue weighted by atomic mass is 10.1. The molecule has 6 heteroatoms. The molecule has 3 aromatic rings. The highest BCUT2D eigenvalue weighted by molar-refractivity contribution is 5.63. The van der Waals surface area contributed by atoms with E-state index in [1.54, 1.807) is 16.7 Å². The zero-order valence-corrected chi connectivity index (χ0v) is 10.1. The molecule has 1 aromatic carbocycles. The monoisotopic (exact) mass is 278 g/mol. The average Bonchev–Trinajstić information content (AvgIpc) is 2.81. The molecule has 0 aliphatic rings. The van der Waals surface area contributed by atoms with E-state index in [1.165, 1.54) is 24.4 Å². The van der Waals surface area contributed by atoms with Gasteiger partial charge in [0, 0.05) is 5.56 Å². The fraction of sp³-hybridized carbons (Fsp3) is 0.0714. The van der Waals surface area contributed by atoms with Gasteiger partial charge in [0.25, 0.3) is 0 Å². The van der Waals surface area contributed by atoms with Crippen LogP contribution in [-0.4, -0.2) is 14.5 Å². The first kappa shape index (κ1) is 12.5. The zero-order chi connectivity index (χ0) is 14.3. The molecule has 20 heavy (non-hydrogen) atoms. The van der Waals surface area contributed by atoms with Crippen LogP contribution in [0.1, 0.15) is 5.56 Å². The predicted molar refractivity (Wildman–Crippen MR) is 67.3 cm³/mol. The van der Waals surface area contributed by atoms with E-state index < -0.39 is 11.7 Å². The van der Waals surface area contributed by atoms with Crippen LogP contribution in [0.25, 0.3) is 16.9 Å². The Hall–Kier alpha value is -2.50. The molecular formula is C14H9F3N2O. The molecule has 0 bridgehead atoms. The smallest absolute Gasteiger partial charge is 0.416 e. The number of aromatic hydroxyl groups is 1. The summed E-state index contributed by atoms with van der Waals surface area (Å²) in [4.78, 5) is 4.17. The first-order valence-corrected chi connectivity index (χ1v) is 5.79. The Morgan fingerprint density at radius 2 is 1.70 bits per heavy atom. The molecule has 0 saturated carbocycles. The van der Waals surface area contributed by atoms with Crippen LogP contribution in [0.5, 0.6) is 5.75 Å². The molecule has 0 aliphatic heterocycles. The van der Waals surface area contributed by atoms with Gasteiger partial charge in [-0.15, -0.1) is 0 Å². The average molecular weight is 278 g/mol. The summed E-state index contributed by atoms with van der Waals surface area (Å²) in [5, 5.41) is 9.47. The molecule has 0 fully saturated rings. The van der Waals surface area contributed by atoms with Gasteiger partial charge >= 0.3 is 6.18 Å². The quantitative estimate of drug-likeness (QED) is 0.736. The molecule has 0 radical (unpaired) electrons. The largest absolute Gasteiger partial charge is 0.506 e. The minimum Gasteiger partial charge on any atom is -0.506 e. The van der Waals surface area contributed by atoms with E-state index in [1.807, 2.05) is 0 Å². The number of rotatable bonds is 1. The predicted octanol–water partition coefficient (Wildman–Crippen LogP) is 3.73. The third-order valence-electron chi connectivity index (χ3n) is 2.98. The lowest BCUT2D eigenvalue weighted by Gasteiger charge is -2.07. The number of hydrogen-bond acceptors (Lipinski definition) is 2. The molecule has 0 saturated heterocycles. The Kier molecular flexibility index (Phi) is 2.67. The van der Waals surface area contributed by atoms with Crippen molar-refractivity contribution in [3.63, 3.8) is 0 Å². The van der Waals surface area contributed by atoms with E-state index >= 15 is 0 Å². The van der Waals surface area contributed by atoms with Gasteiger partial charge in [0.05, 0.1) is 23.5 Å². The van der Waals surface area contributed by atoms with Gasteiger partial charge in [-0.3, -0.25) is 4.40 Å². The van der Waals surface area contributed by atoms with Crippen molar-refractivity contribution >= 4 is 5.52 Å². The Morgan fingerprint density at radius 3 is 2.35 bits per heavy atom. The van der Waals surface area contributed by atoms with Gasteiger partial charge in [-0.2, -0.15) is 13.2 Å². The van der Waals surface area contributed by atoms with Crippen molar-refractivity contribution in [3.8, 4) is 17.1 Å². The fourth-order valence-electron chi connectivity index (χ4n) is 2.00. The highest BCUT2D eigenvalue weighted by atomic mass is 19.4. The lowest BCUT2D eigenvalue weighted by molar-refractivity contribution is -0.137. The number of nitrogens with zero attached hydrogens (tertiary/aromatic N) is 2. The highest BCUT2D eigenvalue weighted by Gasteiger charge is 2.30. The Labute approximate surface area is 111 Å². The molecule has 0 unspecified atom stereocenters. The molecular weight excluding hydrogens is 269 g/mol. The van der Waals surface area contributed by atoms with Crippen LogP contribution in [-0.2, 0) is 6.18 Å². The molecule has 0 spiro atoms. The SMILES string of the molecule is Oc1ccc2cnc(-c3ccc(C(F)(F)F)cc3)n2c1. The molecule has 2 aromatic heterocycles. The fourth-order valence-corrected chi connectivity index (χ4v) is 2.00. The third kappa shape index (κ3) is 2.09. The van der Waals surface area contributed by atoms with E-state index in [0.717, 1.165) is 17.6 Å². The van der Waals surface area contributed by atoms with Crippen molar-refractivity contribution < 1.29 is 18.3 Å². The maximum atomic E-state index is 12.5. The van der Waals surface area contributed by atoms with Gasteiger partial charge in [0.1, 0.15) is 11.6 Å². The van der Waals surface area contributed by atoms with Gasteiger partial charge < -0.3 is 5.11 Å². The van der Waals surface area contributed by atoms with Crippen LogP contribution in [0, 0.1) is 0 Å². The van der Waals surface area contributed by atoms with Crippen molar-refractivity contribution in [2.24, 2.45) is 0 Å². The summed E-state index contributed by atoms with van der Waals surface area (Å²) in [6, 6.07) is 7.95. The summed E-state index contributed by atoms with van der Waals surface area (Å²) in [5.74, 6) is 0.535. The van der Waals surface area contributed by atoms with Gasteiger partial charge in [-0.1, -0.05) is 12.1 Å². The number of benzene rings is 1. The van der Waals surface area contributed by atoms with Gasteiger partial charge in [0.2, 0.25) is 0 Å². The number of pyridine rings is 1. The van der Waals surface area contributed by atoms with Crippen LogP contribution in [0.3, 0.4) is 0 Å². The molecule has 0 amide bonds. The molecule has 3 rings (SSSR count). The molecule has 1 N–H and O–H groups in total. The second-order valence-corrected chi connectivity index (χ2v) is 4.34. The van der Waals surface area contributed by atoms with Crippen LogP contribution >= 0.6 is 0 Å². The lowest BCUT2D eigenvalue weighted by Crippen LogP contribution is -2.04. The normalized spacial score (nSPS) is 11.9. The first-order valence-electron chi connectivity index (χ1n) is 5.79. The van der Waals surface area contributed by atoms with E-state index in [9.17, 15) is 18.3 Å². The van der Waals surface area contributed by atoms with Crippen LogP contribution in [0.4, 0.5) is 13.2 Å². The number of aromatic nitrogens is 2. The summed E-state index contributed by atoms with van der Waals surface area (Å²) in [6.07, 6.45) is -1.30. The summed E-state index contributed by atoms with van der Waals surface area (Å²) in [7, 11) is 0. The molecule has 0 atom stereocenters. The third-order valence-corrected chi connectivity index (χ3v) is 2.98. The second kappa shape index (κ2) is 4.26. The van der Waals surface area contributed by atoms with Crippen LogP contribution < -0.4 is 0 Å². The van der Waals surface area contributed by atoms with E-state index in [4.69, 9.17) is 0 Å². The number of halogens is 3. The summed E-state index contributed by atoms with van der Waals surface area (Å²) < 4.78 is 39.2. The maximum Gasteiger partial charge on any atom is 0.416 e. The summed E-state index contributed by atoms with van der Waals surface area (Å²) in [5.41, 5.74) is 0.589. The Bertz CT molecular complexity index is 760. The van der Waals surface area contributed by atoms with E-state index in [-0.39, 0.29) is 5.75 Å². The van der Waals surface area contributed by atoms with Gasteiger partial charge in [-0.25, -0.2) is 4.98 Å². The van der Waals surface area contributed by atoms with Crippen molar-refractivity contribution in [2.75, 3.05) is 0 Å². The summed E-state index contributed by atoms with van der Waals surface area (Å²) in [6.45, 7) is 0. The molecule has 0 aliphatic carbocycles. The maximum absolute atomic E-state index is 12.5. The second-order valence-electron chi connectivity index (χ2n) is 4.34. The minimum absolute atomic E-state index is 0.0589. The number of fused-ring (bicyclic) bond motifs is 1. The number of alkyl halides is 3. The zero-order valence-electron chi connectivity index (χ0n) is 10.1. The van der Waals surface area contributed by atoms with Gasteiger partial charge in [0.15, 0.2) is 0 Å². The van der Waals surface area contributed by atoms with Crippen molar-refractivity contribution in [1.82, 2.24) is 9.38 Å². The highest BCUT2D eigenvalue weighted by Crippen LogP contribution is 2.31. The number of imidazole rings is 1. The minimum atomic E-state index is -4.36. The van der Waals surface area contributed by atoms with Crippen LogP contribution in [0.15, 0.2) is 48.8 Å². The van der Waals surface area contributed by atoms with E-state index in [2.05, 4.69) is 4.98 Å². The molecule has 102 valence electrons. The van der Waals surface area contributed by atoms with Gasteiger partial charge in [-0.05, 0) is 24.3 Å². The van der Waals surface area contributed by atoms with Crippen molar-refractivity contribution in [3.05, 3.63) is 54.4 Å². The Balaban J connectivity index is 2.09. The Morgan fingerprint density at radius 1 is 1.00 bits per heavy atom. The van der Waals surface area contributed by atoms with Crippen molar-refractivity contribution in [1.29, 1.82) is 0 Å². The summed E-state index contributed by atoms with van der Waals surface area (Å²) >= 11 is 0. The van der Waals surface area contributed by atoms with Crippen molar-refractivity contribution in [2.45, 2.75) is 6.18 Å². The van der Waals surface area contributed by atoms with Crippen LogP contribution in [0.2, 0.25) is 0 Å². The number of hydrogen-bond donors (Lipinski definition) is 1. The first-order chi connectivity index (χ1) is 9.45. The standard InChI is InChI=1S/C14H9F3N2O/c15-14(16,17)10-3-1-9(2-4-10)13-18-7-11-5-6-12(20)8-19(11)13/h1-8,20H.